The number of benzene rings is 1. The lowest BCUT2D eigenvalue weighted by Gasteiger charge is -2.34. The van der Waals surface area contributed by atoms with E-state index in [1.807, 2.05) is 35.7 Å². The van der Waals surface area contributed by atoms with Gasteiger partial charge >= 0.3 is 11.8 Å². The molecule has 0 saturated heterocycles. The standard InChI is InChI=1S/C22H23N3O3S/c26-21(23-13-18-7-4-12-29-18)22(27)24-14-19(20-8-3-11-28-20)25-10-9-16-5-1-2-6-17(16)15-25/h1-8,11-12,19H,9-10,13-15H2,(H,23,26)(H,24,27). The second kappa shape index (κ2) is 9.07. The number of carbonyl (C=O) groups excluding carboxylic acids is 2. The molecule has 1 aromatic carbocycles. The third-order valence-corrected chi connectivity index (χ3v) is 6.01. The van der Waals surface area contributed by atoms with E-state index in [4.69, 9.17) is 4.42 Å². The molecule has 0 aliphatic carbocycles. The Labute approximate surface area is 173 Å². The number of fused-ring (bicyclic) bond motifs is 1. The van der Waals surface area contributed by atoms with Crippen molar-refractivity contribution in [3.8, 4) is 0 Å². The molecule has 0 saturated carbocycles. The van der Waals surface area contributed by atoms with E-state index in [1.54, 1.807) is 17.6 Å². The number of thiophene rings is 1. The Hall–Kier alpha value is -2.90. The maximum Gasteiger partial charge on any atom is 0.309 e. The van der Waals surface area contributed by atoms with E-state index in [0.29, 0.717) is 13.1 Å². The number of nitrogens with one attached hydrogen (secondary N) is 2. The van der Waals surface area contributed by atoms with Crippen LogP contribution in [0.4, 0.5) is 0 Å². The molecule has 1 aliphatic rings. The van der Waals surface area contributed by atoms with Crippen molar-refractivity contribution in [1.82, 2.24) is 15.5 Å². The molecule has 0 fully saturated rings. The van der Waals surface area contributed by atoms with Crippen molar-refractivity contribution in [2.75, 3.05) is 13.1 Å². The van der Waals surface area contributed by atoms with Crippen LogP contribution in [0.5, 0.6) is 0 Å². The van der Waals surface area contributed by atoms with Crippen molar-refractivity contribution < 1.29 is 14.0 Å². The Bertz CT molecular complexity index is 954. The smallest absolute Gasteiger partial charge is 0.309 e. The highest BCUT2D eigenvalue weighted by molar-refractivity contribution is 7.09. The molecule has 7 heteroatoms. The summed E-state index contributed by atoms with van der Waals surface area (Å²) < 4.78 is 5.63. The minimum Gasteiger partial charge on any atom is -0.468 e. The van der Waals surface area contributed by atoms with Gasteiger partial charge in [-0.15, -0.1) is 11.3 Å². The van der Waals surface area contributed by atoms with Gasteiger partial charge in [-0.1, -0.05) is 30.3 Å². The van der Waals surface area contributed by atoms with Gasteiger partial charge in [0.05, 0.1) is 18.8 Å². The zero-order valence-electron chi connectivity index (χ0n) is 16.0. The van der Waals surface area contributed by atoms with E-state index in [-0.39, 0.29) is 6.04 Å². The molecule has 1 atom stereocenters. The van der Waals surface area contributed by atoms with E-state index in [9.17, 15) is 9.59 Å². The lowest BCUT2D eigenvalue weighted by atomic mass is 9.98. The number of nitrogens with zero attached hydrogens (tertiary/aromatic N) is 1. The number of furan rings is 1. The summed E-state index contributed by atoms with van der Waals surface area (Å²) in [5, 5.41) is 7.37. The van der Waals surface area contributed by atoms with Crippen LogP contribution >= 0.6 is 11.3 Å². The molecule has 0 bridgehead atoms. The zero-order valence-corrected chi connectivity index (χ0v) is 16.8. The van der Waals surface area contributed by atoms with Crippen molar-refractivity contribution >= 4 is 23.2 Å². The first-order valence-electron chi connectivity index (χ1n) is 9.63. The van der Waals surface area contributed by atoms with Crippen molar-refractivity contribution in [2.45, 2.75) is 25.6 Å². The Kier molecular flexibility index (Phi) is 6.07. The number of amides is 2. The van der Waals surface area contributed by atoms with Gasteiger partial charge in [-0.05, 0) is 41.1 Å². The van der Waals surface area contributed by atoms with Crippen molar-refractivity contribution in [3.63, 3.8) is 0 Å². The molecular formula is C22H23N3O3S. The lowest BCUT2D eigenvalue weighted by molar-refractivity contribution is -0.139. The maximum atomic E-state index is 12.3. The zero-order chi connectivity index (χ0) is 20.1. The summed E-state index contributed by atoms with van der Waals surface area (Å²) in [7, 11) is 0. The molecule has 0 spiro atoms. The molecule has 1 aliphatic heterocycles. The van der Waals surface area contributed by atoms with E-state index in [0.717, 1.165) is 30.1 Å². The second-order valence-electron chi connectivity index (χ2n) is 6.99. The third kappa shape index (κ3) is 4.75. The first-order valence-corrected chi connectivity index (χ1v) is 10.5. The van der Waals surface area contributed by atoms with Gasteiger partial charge in [0.25, 0.3) is 0 Å². The fraction of sp³-hybridized carbons (Fsp3) is 0.273. The van der Waals surface area contributed by atoms with E-state index in [1.165, 1.54) is 11.1 Å². The molecule has 2 amide bonds. The SMILES string of the molecule is O=C(NCc1cccs1)C(=O)NCC(c1ccco1)N1CCc2ccccc2C1. The minimum absolute atomic E-state index is 0.132. The molecule has 2 aromatic heterocycles. The van der Waals surface area contributed by atoms with Gasteiger partial charge in [-0.2, -0.15) is 0 Å². The Morgan fingerprint density at radius 2 is 1.86 bits per heavy atom. The normalized spacial score (nSPS) is 14.8. The molecular weight excluding hydrogens is 386 g/mol. The number of rotatable bonds is 6. The number of hydrogen-bond donors (Lipinski definition) is 2. The molecule has 0 radical (unpaired) electrons. The topological polar surface area (TPSA) is 74.6 Å². The van der Waals surface area contributed by atoms with Crippen molar-refractivity contribution in [3.05, 3.63) is 81.9 Å². The van der Waals surface area contributed by atoms with Crippen LogP contribution in [-0.2, 0) is 29.1 Å². The summed E-state index contributed by atoms with van der Waals surface area (Å²) in [4.78, 5) is 27.7. The predicted octanol–water partition coefficient (Wildman–Crippen LogP) is 2.87. The van der Waals surface area contributed by atoms with Crippen LogP contribution in [0.15, 0.2) is 64.6 Å². The summed E-state index contributed by atoms with van der Waals surface area (Å²) in [6, 6.07) is 15.9. The highest BCUT2D eigenvalue weighted by atomic mass is 32.1. The average molecular weight is 410 g/mol. The lowest BCUT2D eigenvalue weighted by Crippen LogP contribution is -2.44. The molecule has 29 heavy (non-hydrogen) atoms. The monoisotopic (exact) mass is 409 g/mol. The number of hydrogen-bond acceptors (Lipinski definition) is 5. The fourth-order valence-corrected chi connectivity index (χ4v) is 4.25. The maximum absolute atomic E-state index is 12.3. The van der Waals surface area contributed by atoms with Crippen molar-refractivity contribution in [2.24, 2.45) is 0 Å². The van der Waals surface area contributed by atoms with E-state index < -0.39 is 11.8 Å². The quantitative estimate of drug-likeness (QED) is 0.614. The van der Waals surface area contributed by atoms with Crippen LogP contribution in [0.2, 0.25) is 0 Å². The van der Waals surface area contributed by atoms with Crippen LogP contribution in [0.25, 0.3) is 0 Å². The van der Waals surface area contributed by atoms with Gasteiger partial charge in [0.1, 0.15) is 5.76 Å². The van der Waals surface area contributed by atoms with Gasteiger partial charge in [0, 0.05) is 24.5 Å². The van der Waals surface area contributed by atoms with Crippen LogP contribution in [0, 0.1) is 0 Å². The Balaban J connectivity index is 1.38. The predicted molar refractivity (Wildman–Crippen MR) is 111 cm³/mol. The first-order chi connectivity index (χ1) is 14.2. The molecule has 3 aromatic rings. The van der Waals surface area contributed by atoms with Gasteiger partial charge in [-0.3, -0.25) is 14.5 Å². The molecule has 1 unspecified atom stereocenters. The average Bonchev–Trinajstić information content (AvgIpc) is 3.46. The van der Waals surface area contributed by atoms with E-state index in [2.05, 4.69) is 33.7 Å². The highest BCUT2D eigenvalue weighted by Crippen LogP contribution is 2.27. The summed E-state index contributed by atoms with van der Waals surface area (Å²) in [5.74, 6) is -0.472. The van der Waals surface area contributed by atoms with Gasteiger partial charge in [-0.25, -0.2) is 0 Å². The summed E-state index contributed by atoms with van der Waals surface area (Å²) in [6.45, 7) is 2.31. The largest absolute Gasteiger partial charge is 0.468 e. The molecule has 3 heterocycles. The first kappa shape index (κ1) is 19.4. The van der Waals surface area contributed by atoms with Crippen LogP contribution in [-0.4, -0.2) is 29.8 Å². The summed E-state index contributed by atoms with van der Waals surface area (Å²) >= 11 is 1.54. The highest BCUT2D eigenvalue weighted by Gasteiger charge is 2.27. The van der Waals surface area contributed by atoms with Crippen LogP contribution < -0.4 is 10.6 Å². The van der Waals surface area contributed by atoms with Gasteiger partial charge < -0.3 is 15.1 Å². The van der Waals surface area contributed by atoms with Crippen LogP contribution in [0.1, 0.15) is 27.8 Å². The van der Waals surface area contributed by atoms with Crippen molar-refractivity contribution in [1.29, 1.82) is 0 Å². The molecule has 150 valence electrons. The Morgan fingerprint density at radius 3 is 2.62 bits per heavy atom. The molecule has 6 nitrogen and oxygen atoms in total. The Morgan fingerprint density at radius 1 is 1.03 bits per heavy atom. The second-order valence-corrected chi connectivity index (χ2v) is 8.02. The summed E-state index contributed by atoms with van der Waals surface area (Å²) in [5.41, 5.74) is 2.65. The fourth-order valence-electron chi connectivity index (χ4n) is 3.60. The molecule has 4 rings (SSSR count). The number of carbonyl (C=O) groups is 2. The summed E-state index contributed by atoms with van der Waals surface area (Å²) in [6.07, 6.45) is 2.58. The minimum atomic E-state index is -0.629. The van der Waals surface area contributed by atoms with Gasteiger partial charge in [0.15, 0.2) is 0 Å². The van der Waals surface area contributed by atoms with Crippen LogP contribution in [0.3, 0.4) is 0 Å². The van der Waals surface area contributed by atoms with E-state index >= 15 is 0 Å². The van der Waals surface area contributed by atoms with Gasteiger partial charge in [0.2, 0.25) is 0 Å². The molecule has 2 N–H and O–H groups in total. The third-order valence-electron chi connectivity index (χ3n) is 5.14.